The highest BCUT2D eigenvalue weighted by Gasteiger charge is 2.03. The maximum atomic E-state index is 10.8. The van der Waals surface area contributed by atoms with Gasteiger partial charge in [-0.2, -0.15) is 0 Å². The largest absolute Gasteiger partial charge is 0.465 e. The van der Waals surface area contributed by atoms with E-state index in [1.807, 2.05) is 6.92 Å². The fourth-order valence-electron chi connectivity index (χ4n) is 0.553. The molecule has 0 aliphatic heterocycles. The minimum atomic E-state index is -0.244. The summed E-state index contributed by atoms with van der Waals surface area (Å²) in [5.41, 5.74) is 0. The molecule has 0 aromatic rings. The van der Waals surface area contributed by atoms with Crippen molar-refractivity contribution in [3.8, 4) is 0 Å². The molecule has 0 spiro atoms. The van der Waals surface area contributed by atoms with E-state index in [0.29, 0.717) is 18.8 Å². The Balaban J connectivity index is 3.30. The number of ketones is 1. The lowest BCUT2D eigenvalue weighted by molar-refractivity contribution is -0.139. The lowest BCUT2D eigenvalue weighted by atomic mass is 10.4. The van der Waals surface area contributed by atoms with Crippen LogP contribution < -0.4 is 0 Å². The Morgan fingerprint density at radius 1 is 1.25 bits per heavy atom. The summed E-state index contributed by atoms with van der Waals surface area (Å²) in [4.78, 5) is 21.5. The van der Waals surface area contributed by atoms with Gasteiger partial charge in [-0.05, 0) is 6.92 Å². The highest BCUT2D eigenvalue weighted by molar-refractivity contribution is 8.00. The zero-order valence-electron chi connectivity index (χ0n) is 7.46. The van der Waals surface area contributed by atoms with E-state index in [1.54, 1.807) is 6.92 Å². The summed E-state index contributed by atoms with van der Waals surface area (Å²) >= 11 is 1.31. The smallest absolute Gasteiger partial charge is 0.315 e. The number of carbonyl (C=O) groups excluding carboxylic acids is 2. The van der Waals surface area contributed by atoms with E-state index in [9.17, 15) is 9.59 Å². The van der Waals surface area contributed by atoms with Crippen molar-refractivity contribution < 1.29 is 14.3 Å². The summed E-state index contributed by atoms with van der Waals surface area (Å²) in [7, 11) is 0. The molecular formula is C8H14O3S. The number of rotatable bonds is 6. The van der Waals surface area contributed by atoms with Gasteiger partial charge in [-0.1, -0.05) is 6.92 Å². The van der Waals surface area contributed by atoms with Gasteiger partial charge >= 0.3 is 5.97 Å². The molecule has 0 aliphatic rings. The van der Waals surface area contributed by atoms with Crippen molar-refractivity contribution in [2.75, 3.05) is 18.1 Å². The highest BCUT2D eigenvalue weighted by atomic mass is 32.2. The summed E-state index contributed by atoms with van der Waals surface area (Å²) in [6.45, 7) is 3.98. The van der Waals surface area contributed by atoms with Crippen LogP contribution in [0.4, 0.5) is 0 Å². The first-order chi connectivity index (χ1) is 5.70. The summed E-state index contributed by atoms with van der Waals surface area (Å²) in [6, 6.07) is 0. The number of carbonyl (C=O) groups is 2. The normalized spacial score (nSPS) is 9.50. The second-order valence-corrected chi connectivity index (χ2v) is 3.18. The van der Waals surface area contributed by atoms with E-state index in [1.165, 1.54) is 11.8 Å². The molecule has 0 bridgehead atoms. The van der Waals surface area contributed by atoms with Crippen LogP contribution in [0.5, 0.6) is 0 Å². The van der Waals surface area contributed by atoms with Gasteiger partial charge in [0.15, 0.2) is 0 Å². The van der Waals surface area contributed by atoms with Crippen molar-refractivity contribution >= 4 is 23.5 Å². The van der Waals surface area contributed by atoms with Crippen molar-refractivity contribution in [2.24, 2.45) is 0 Å². The van der Waals surface area contributed by atoms with Crippen LogP contribution in [0.1, 0.15) is 20.3 Å². The molecule has 0 saturated heterocycles. The molecule has 0 aliphatic carbocycles. The summed E-state index contributed by atoms with van der Waals surface area (Å²) in [5.74, 6) is 0.616. The average molecular weight is 190 g/mol. The molecule has 0 unspecified atom stereocenters. The van der Waals surface area contributed by atoms with E-state index in [2.05, 4.69) is 4.74 Å². The standard InChI is InChI=1S/C8H14O3S/c1-3-7(9)5-12-6-8(10)11-4-2/h3-6H2,1-2H3. The van der Waals surface area contributed by atoms with Crippen molar-refractivity contribution in [1.29, 1.82) is 0 Å². The molecule has 3 nitrogen and oxygen atoms in total. The Hall–Kier alpha value is -0.510. The maximum Gasteiger partial charge on any atom is 0.315 e. The Bertz CT molecular complexity index is 156. The fraction of sp³-hybridized carbons (Fsp3) is 0.750. The third-order valence-corrected chi connectivity index (χ3v) is 2.15. The first-order valence-corrected chi connectivity index (χ1v) is 5.11. The zero-order valence-corrected chi connectivity index (χ0v) is 8.28. The van der Waals surface area contributed by atoms with Gasteiger partial charge in [0.1, 0.15) is 5.78 Å². The Kier molecular flexibility index (Phi) is 6.85. The zero-order chi connectivity index (χ0) is 9.40. The van der Waals surface area contributed by atoms with Crippen LogP contribution in [0.3, 0.4) is 0 Å². The number of Topliss-reactive ketones (excluding diaryl/α,β-unsaturated/α-hetero) is 1. The molecule has 0 aromatic carbocycles. The second kappa shape index (κ2) is 7.16. The maximum absolute atomic E-state index is 10.8. The van der Waals surface area contributed by atoms with Crippen LogP contribution in [-0.4, -0.2) is 29.9 Å². The van der Waals surface area contributed by atoms with Gasteiger partial charge in [0.2, 0.25) is 0 Å². The molecule has 0 fully saturated rings. The lowest BCUT2D eigenvalue weighted by Crippen LogP contribution is -2.09. The van der Waals surface area contributed by atoms with Crippen LogP contribution in [0.15, 0.2) is 0 Å². The van der Waals surface area contributed by atoms with E-state index in [0.717, 1.165) is 0 Å². The highest BCUT2D eigenvalue weighted by Crippen LogP contribution is 2.02. The number of hydrogen-bond donors (Lipinski definition) is 0. The van der Waals surface area contributed by atoms with Gasteiger partial charge in [0, 0.05) is 6.42 Å². The fourth-order valence-corrected chi connectivity index (χ4v) is 1.34. The molecule has 0 atom stereocenters. The van der Waals surface area contributed by atoms with Gasteiger partial charge in [-0.15, -0.1) is 11.8 Å². The van der Waals surface area contributed by atoms with Gasteiger partial charge in [-0.25, -0.2) is 0 Å². The minimum absolute atomic E-state index is 0.171. The van der Waals surface area contributed by atoms with Gasteiger partial charge in [0.25, 0.3) is 0 Å². The number of hydrogen-bond acceptors (Lipinski definition) is 4. The molecule has 4 heteroatoms. The van der Waals surface area contributed by atoms with E-state index < -0.39 is 0 Å². The summed E-state index contributed by atoms with van der Waals surface area (Å²) < 4.78 is 4.69. The predicted octanol–water partition coefficient (Wildman–Crippen LogP) is 1.26. The van der Waals surface area contributed by atoms with Gasteiger partial charge in [-0.3, -0.25) is 9.59 Å². The SMILES string of the molecule is CCOC(=O)CSCC(=O)CC. The van der Waals surface area contributed by atoms with Crippen molar-refractivity contribution in [2.45, 2.75) is 20.3 Å². The molecule has 0 aromatic heterocycles. The van der Waals surface area contributed by atoms with Gasteiger partial charge in [0.05, 0.1) is 18.1 Å². The summed E-state index contributed by atoms with van der Waals surface area (Å²) in [5, 5.41) is 0. The van der Waals surface area contributed by atoms with Crippen LogP contribution >= 0.6 is 11.8 Å². The molecule has 0 radical (unpaired) electrons. The topological polar surface area (TPSA) is 43.4 Å². The van der Waals surface area contributed by atoms with E-state index >= 15 is 0 Å². The molecule has 0 rings (SSSR count). The molecule has 12 heavy (non-hydrogen) atoms. The third-order valence-electron chi connectivity index (χ3n) is 1.18. The Labute approximate surface area is 76.9 Å². The average Bonchev–Trinajstić information content (AvgIpc) is 2.04. The van der Waals surface area contributed by atoms with Crippen molar-refractivity contribution in [1.82, 2.24) is 0 Å². The summed E-state index contributed by atoms with van der Waals surface area (Å²) in [6.07, 6.45) is 0.538. The monoisotopic (exact) mass is 190 g/mol. The van der Waals surface area contributed by atoms with Crippen molar-refractivity contribution in [3.05, 3.63) is 0 Å². The second-order valence-electron chi connectivity index (χ2n) is 2.19. The van der Waals surface area contributed by atoms with Crippen LogP contribution in [0, 0.1) is 0 Å². The van der Waals surface area contributed by atoms with Crippen LogP contribution in [0.25, 0.3) is 0 Å². The molecule has 0 amide bonds. The third kappa shape index (κ3) is 6.22. The van der Waals surface area contributed by atoms with Crippen molar-refractivity contribution in [3.63, 3.8) is 0 Å². The van der Waals surface area contributed by atoms with Gasteiger partial charge < -0.3 is 4.74 Å². The van der Waals surface area contributed by atoms with Crippen LogP contribution in [-0.2, 0) is 14.3 Å². The Morgan fingerprint density at radius 2 is 1.92 bits per heavy atom. The van der Waals surface area contributed by atoms with Crippen LogP contribution in [0.2, 0.25) is 0 Å². The Morgan fingerprint density at radius 3 is 2.42 bits per heavy atom. The molecular weight excluding hydrogens is 176 g/mol. The number of thioether (sulfide) groups is 1. The molecule has 0 heterocycles. The quantitative estimate of drug-likeness (QED) is 0.591. The molecule has 0 saturated carbocycles. The van der Waals surface area contributed by atoms with E-state index in [-0.39, 0.29) is 17.5 Å². The first kappa shape index (κ1) is 11.5. The van der Waals surface area contributed by atoms with E-state index in [4.69, 9.17) is 0 Å². The lowest BCUT2D eigenvalue weighted by Gasteiger charge is -1.99. The number of esters is 1. The predicted molar refractivity (Wildman–Crippen MR) is 49.3 cm³/mol. The molecule has 70 valence electrons. The molecule has 0 N–H and O–H groups in total. The number of ether oxygens (including phenoxy) is 1. The first-order valence-electron chi connectivity index (χ1n) is 3.95. The minimum Gasteiger partial charge on any atom is -0.465 e.